The van der Waals surface area contributed by atoms with Crippen LogP contribution in [0.2, 0.25) is 0 Å². The maximum atomic E-state index is 11.6. The van der Waals surface area contributed by atoms with E-state index in [0.717, 1.165) is 15.6 Å². The van der Waals surface area contributed by atoms with Crippen LogP contribution in [-0.4, -0.2) is 12.5 Å². The number of benzene rings is 1. The highest BCUT2D eigenvalue weighted by Gasteiger charge is 2.09. The van der Waals surface area contributed by atoms with E-state index in [1.54, 1.807) is 0 Å². The average Bonchev–Trinajstić information content (AvgIpc) is 2.20. The molecule has 0 radical (unpaired) electrons. The number of halogens is 1. The summed E-state index contributed by atoms with van der Waals surface area (Å²) in [6.45, 7) is 3.82. The second-order valence-electron chi connectivity index (χ2n) is 3.26. The quantitative estimate of drug-likeness (QED) is 0.836. The molecule has 0 aromatic heterocycles. The van der Waals surface area contributed by atoms with Gasteiger partial charge in [-0.1, -0.05) is 15.9 Å². The van der Waals surface area contributed by atoms with Crippen LogP contribution in [-0.2, 0) is 0 Å². The zero-order chi connectivity index (χ0) is 11.4. The fraction of sp³-hybridized carbons (Fsp3) is 0.273. The molecule has 0 fully saturated rings. The smallest absolute Gasteiger partial charge is 0.252 e. The predicted octanol–water partition coefficient (Wildman–Crippen LogP) is 2.32. The molecule has 0 aliphatic rings. The van der Waals surface area contributed by atoms with E-state index in [2.05, 4.69) is 21.2 Å². The molecule has 0 aliphatic heterocycles. The highest BCUT2D eigenvalue weighted by molar-refractivity contribution is 9.10. The Kier molecular flexibility index (Phi) is 3.87. The fourth-order valence-electron chi connectivity index (χ4n) is 1.24. The summed E-state index contributed by atoms with van der Waals surface area (Å²) in [5.74, 6) is -0.204. The fourth-order valence-corrected chi connectivity index (χ4v) is 1.70. The van der Waals surface area contributed by atoms with Gasteiger partial charge >= 0.3 is 0 Å². The molecule has 0 bridgehead atoms. The van der Waals surface area contributed by atoms with Crippen molar-refractivity contribution in [2.45, 2.75) is 13.8 Å². The minimum Gasteiger partial charge on any atom is -0.339 e. The van der Waals surface area contributed by atoms with Crippen molar-refractivity contribution >= 4 is 21.8 Å². The predicted molar refractivity (Wildman–Crippen MR) is 61.6 cm³/mol. The topological polar surface area (TPSA) is 52.9 Å². The minimum absolute atomic E-state index is 0.0351. The van der Waals surface area contributed by atoms with E-state index >= 15 is 0 Å². The van der Waals surface area contributed by atoms with Gasteiger partial charge in [0.2, 0.25) is 0 Å². The van der Waals surface area contributed by atoms with Crippen molar-refractivity contribution in [3.05, 3.63) is 33.3 Å². The van der Waals surface area contributed by atoms with Gasteiger partial charge in [-0.2, -0.15) is 5.26 Å². The van der Waals surface area contributed by atoms with Crippen molar-refractivity contribution in [1.82, 2.24) is 5.32 Å². The molecular weight excluding hydrogens is 256 g/mol. The standard InChI is InChI=1S/C11H11BrN2O/c1-7-6-10(12)8(2)5-9(7)11(15)14-4-3-13/h5-6H,4H2,1-2H3,(H,14,15). The number of carbonyl (C=O) groups is 1. The third kappa shape index (κ3) is 2.80. The van der Waals surface area contributed by atoms with Gasteiger partial charge in [-0.3, -0.25) is 4.79 Å². The molecule has 0 spiro atoms. The van der Waals surface area contributed by atoms with E-state index < -0.39 is 0 Å². The maximum absolute atomic E-state index is 11.6. The first-order chi connectivity index (χ1) is 7.06. The van der Waals surface area contributed by atoms with Crippen molar-refractivity contribution in [3.63, 3.8) is 0 Å². The third-order valence-electron chi connectivity index (χ3n) is 2.08. The number of hydrogen-bond acceptors (Lipinski definition) is 2. The summed E-state index contributed by atoms with van der Waals surface area (Å²) in [4.78, 5) is 11.6. The molecule has 1 rings (SSSR count). The van der Waals surface area contributed by atoms with E-state index in [9.17, 15) is 4.79 Å². The molecule has 78 valence electrons. The van der Waals surface area contributed by atoms with Crippen molar-refractivity contribution in [2.75, 3.05) is 6.54 Å². The van der Waals surface area contributed by atoms with E-state index in [0.29, 0.717) is 5.56 Å². The van der Waals surface area contributed by atoms with Crippen LogP contribution in [0.25, 0.3) is 0 Å². The molecule has 0 saturated heterocycles. The summed E-state index contributed by atoms with van der Waals surface area (Å²) in [5.41, 5.74) is 2.51. The van der Waals surface area contributed by atoms with Crippen LogP contribution in [0.15, 0.2) is 16.6 Å². The van der Waals surface area contributed by atoms with Gasteiger partial charge in [0.25, 0.3) is 5.91 Å². The van der Waals surface area contributed by atoms with E-state index in [-0.39, 0.29) is 12.5 Å². The van der Waals surface area contributed by atoms with Crippen LogP contribution in [0, 0.1) is 25.2 Å². The molecule has 0 heterocycles. The first-order valence-corrected chi connectivity index (χ1v) is 5.27. The van der Waals surface area contributed by atoms with E-state index in [1.807, 2.05) is 32.0 Å². The Hall–Kier alpha value is -1.34. The van der Waals surface area contributed by atoms with Crippen molar-refractivity contribution in [2.24, 2.45) is 0 Å². The van der Waals surface area contributed by atoms with Gasteiger partial charge in [0.15, 0.2) is 0 Å². The lowest BCUT2D eigenvalue weighted by atomic mass is 10.1. The van der Waals surface area contributed by atoms with E-state index in [1.165, 1.54) is 0 Å². The lowest BCUT2D eigenvalue weighted by Crippen LogP contribution is -2.24. The Morgan fingerprint density at radius 2 is 2.13 bits per heavy atom. The number of amides is 1. The number of nitriles is 1. The summed E-state index contributed by atoms with van der Waals surface area (Å²) in [7, 11) is 0. The summed E-state index contributed by atoms with van der Waals surface area (Å²) in [6, 6.07) is 5.58. The molecule has 0 saturated carbocycles. The Balaban J connectivity index is 3.00. The molecule has 0 unspecified atom stereocenters. The number of aryl methyl sites for hydroxylation is 2. The Morgan fingerprint density at radius 1 is 1.47 bits per heavy atom. The third-order valence-corrected chi connectivity index (χ3v) is 2.93. The van der Waals surface area contributed by atoms with Crippen molar-refractivity contribution < 1.29 is 4.79 Å². The Morgan fingerprint density at radius 3 is 2.73 bits per heavy atom. The highest BCUT2D eigenvalue weighted by atomic mass is 79.9. The molecular formula is C11H11BrN2O. The van der Waals surface area contributed by atoms with E-state index in [4.69, 9.17) is 5.26 Å². The van der Waals surface area contributed by atoms with Gasteiger partial charge < -0.3 is 5.32 Å². The first kappa shape index (κ1) is 11.7. The zero-order valence-corrected chi connectivity index (χ0v) is 10.2. The number of nitrogens with zero attached hydrogens (tertiary/aromatic N) is 1. The lowest BCUT2D eigenvalue weighted by molar-refractivity contribution is 0.0958. The van der Waals surface area contributed by atoms with Crippen LogP contribution in [0.4, 0.5) is 0 Å². The van der Waals surface area contributed by atoms with Crippen LogP contribution < -0.4 is 5.32 Å². The second kappa shape index (κ2) is 4.94. The largest absolute Gasteiger partial charge is 0.339 e. The molecule has 4 heteroatoms. The second-order valence-corrected chi connectivity index (χ2v) is 4.11. The number of nitrogens with one attached hydrogen (secondary N) is 1. The Bertz CT molecular complexity index is 435. The Labute approximate surface area is 97.2 Å². The molecule has 1 aromatic rings. The summed E-state index contributed by atoms with van der Waals surface area (Å²) in [5, 5.41) is 10.9. The molecule has 1 amide bonds. The SMILES string of the molecule is Cc1cc(C(=O)NCC#N)c(C)cc1Br. The molecule has 15 heavy (non-hydrogen) atoms. The van der Waals surface area contributed by atoms with Crippen LogP contribution in [0.1, 0.15) is 21.5 Å². The molecule has 3 nitrogen and oxygen atoms in total. The van der Waals surface area contributed by atoms with Crippen LogP contribution in [0.3, 0.4) is 0 Å². The van der Waals surface area contributed by atoms with Crippen LogP contribution in [0.5, 0.6) is 0 Å². The molecule has 0 atom stereocenters. The van der Waals surface area contributed by atoms with Gasteiger partial charge in [0.1, 0.15) is 6.54 Å². The summed E-state index contributed by atoms with van der Waals surface area (Å²) in [6.07, 6.45) is 0. The summed E-state index contributed by atoms with van der Waals surface area (Å²) >= 11 is 3.40. The zero-order valence-electron chi connectivity index (χ0n) is 8.60. The normalized spacial score (nSPS) is 9.47. The van der Waals surface area contributed by atoms with Crippen molar-refractivity contribution in [3.8, 4) is 6.07 Å². The highest BCUT2D eigenvalue weighted by Crippen LogP contribution is 2.20. The van der Waals surface area contributed by atoms with Gasteiger partial charge in [0.05, 0.1) is 6.07 Å². The maximum Gasteiger partial charge on any atom is 0.252 e. The molecule has 0 aliphatic carbocycles. The number of carbonyl (C=O) groups excluding carboxylic acids is 1. The number of rotatable bonds is 2. The van der Waals surface area contributed by atoms with Gasteiger partial charge in [0, 0.05) is 10.0 Å². The monoisotopic (exact) mass is 266 g/mol. The average molecular weight is 267 g/mol. The lowest BCUT2D eigenvalue weighted by Gasteiger charge is -2.07. The molecule has 1 N–H and O–H groups in total. The van der Waals surface area contributed by atoms with Crippen LogP contribution >= 0.6 is 15.9 Å². The van der Waals surface area contributed by atoms with Gasteiger partial charge in [-0.25, -0.2) is 0 Å². The van der Waals surface area contributed by atoms with Gasteiger partial charge in [-0.15, -0.1) is 0 Å². The summed E-state index contributed by atoms with van der Waals surface area (Å²) < 4.78 is 0.983. The number of hydrogen-bond donors (Lipinski definition) is 1. The van der Waals surface area contributed by atoms with Crippen molar-refractivity contribution in [1.29, 1.82) is 5.26 Å². The first-order valence-electron chi connectivity index (χ1n) is 4.48. The minimum atomic E-state index is -0.204. The van der Waals surface area contributed by atoms with Gasteiger partial charge in [-0.05, 0) is 37.1 Å². The molecule has 1 aromatic carbocycles.